The van der Waals surface area contributed by atoms with Crippen LogP contribution >= 0.6 is 0 Å². The van der Waals surface area contributed by atoms with Crippen LogP contribution in [0.1, 0.15) is 27.3 Å². The summed E-state index contributed by atoms with van der Waals surface area (Å²) >= 11 is 0. The summed E-state index contributed by atoms with van der Waals surface area (Å²) in [7, 11) is 1.73. The summed E-state index contributed by atoms with van der Waals surface area (Å²) in [5.74, 6) is -0.957. The lowest BCUT2D eigenvalue weighted by Crippen LogP contribution is -2.17. The Morgan fingerprint density at radius 3 is 2.79 bits per heavy atom. The molecular weight excluding hydrogens is 244 g/mol. The normalized spacial score (nSPS) is 10.6. The molecule has 0 radical (unpaired) electrons. The number of nitrogens with one attached hydrogen (secondary N) is 1. The van der Waals surface area contributed by atoms with E-state index in [0.29, 0.717) is 18.8 Å². The second-order valence-electron chi connectivity index (χ2n) is 4.35. The molecule has 100 valence electrons. The van der Waals surface area contributed by atoms with Crippen molar-refractivity contribution in [2.75, 3.05) is 0 Å². The summed E-state index contributed by atoms with van der Waals surface area (Å²) in [4.78, 5) is 15.2. The number of carboxylic acids is 1. The van der Waals surface area contributed by atoms with E-state index in [1.807, 2.05) is 25.3 Å². The second-order valence-corrected chi connectivity index (χ2v) is 4.35. The first-order valence-electron chi connectivity index (χ1n) is 5.94. The van der Waals surface area contributed by atoms with Crippen LogP contribution in [0.3, 0.4) is 0 Å². The molecular formula is C13H16N4O2. The highest BCUT2D eigenvalue weighted by molar-refractivity contribution is 5.88. The standard InChI is InChI=1S/C13H16N4O2/c1-9-3-4-10(6-15-9)5-14-8-12-11(13(18)19)7-16-17(12)2/h3-4,6-7,14H,5,8H2,1-2H3,(H,18,19). The van der Waals surface area contributed by atoms with Gasteiger partial charge in [0.05, 0.1) is 11.9 Å². The smallest absolute Gasteiger partial charge is 0.339 e. The van der Waals surface area contributed by atoms with Crippen molar-refractivity contribution in [2.45, 2.75) is 20.0 Å². The maximum Gasteiger partial charge on any atom is 0.339 e. The molecule has 2 N–H and O–H groups in total. The minimum absolute atomic E-state index is 0.233. The van der Waals surface area contributed by atoms with Gasteiger partial charge in [-0.1, -0.05) is 6.07 Å². The van der Waals surface area contributed by atoms with Gasteiger partial charge in [-0.15, -0.1) is 0 Å². The molecule has 0 atom stereocenters. The summed E-state index contributed by atoms with van der Waals surface area (Å²) in [5, 5.41) is 16.2. The molecule has 6 nitrogen and oxygen atoms in total. The number of hydrogen-bond donors (Lipinski definition) is 2. The highest BCUT2D eigenvalue weighted by atomic mass is 16.4. The van der Waals surface area contributed by atoms with Crippen LogP contribution in [0, 0.1) is 6.92 Å². The van der Waals surface area contributed by atoms with Crippen molar-refractivity contribution < 1.29 is 9.90 Å². The van der Waals surface area contributed by atoms with Gasteiger partial charge in [-0.05, 0) is 18.6 Å². The van der Waals surface area contributed by atoms with Crippen LogP contribution in [-0.4, -0.2) is 25.8 Å². The van der Waals surface area contributed by atoms with Gasteiger partial charge < -0.3 is 10.4 Å². The Hall–Kier alpha value is -2.21. The van der Waals surface area contributed by atoms with Crippen LogP contribution in [0.2, 0.25) is 0 Å². The lowest BCUT2D eigenvalue weighted by atomic mass is 10.2. The summed E-state index contributed by atoms with van der Waals surface area (Å²) in [5.41, 5.74) is 2.93. The van der Waals surface area contributed by atoms with Gasteiger partial charge in [0, 0.05) is 32.0 Å². The van der Waals surface area contributed by atoms with Crippen LogP contribution < -0.4 is 5.32 Å². The Morgan fingerprint density at radius 1 is 1.37 bits per heavy atom. The molecule has 0 aliphatic heterocycles. The minimum Gasteiger partial charge on any atom is -0.478 e. The van der Waals surface area contributed by atoms with Crippen molar-refractivity contribution in [3.63, 3.8) is 0 Å². The molecule has 0 spiro atoms. The van der Waals surface area contributed by atoms with Gasteiger partial charge in [0.1, 0.15) is 5.56 Å². The Bertz CT molecular complexity index is 575. The lowest BCUT2D eigenvalue weighted by Gasteiger charge is -2.06. The molecule has 0 unspecified atom stereocenters. The largest absolute Gasteiger partial charge is 0.478 e. The van der Waals surface area contributed by atoms with E-state index in [9.17, 15) is 4.79 Å². The Balaban J connectivity index is 1.97. The van der Waals surface area contributed by atoms with Crippen LogP contribution in [0.5, 0.6) is 0 Å². The van der Waals surface area contributed by atoms with E-state index < -0.39 is 5.97 Å². The van der Waals surface area contributed by atoms with Gasteiger partial charge in [-0.3, -0.25) is 9.67 Å². The zero-order chi connectivity index (χ0) is 13.8. The van der Waals surface area contributed by atoms with Crippen LogP contribution in [0.15, 0.2) is 24.5 Å². The first-order valence-corrected chi connectivity index (χ1v) is 5.94. The van der Waals surface area contributed by atoms with E-state index in [1.54, 1.807) is 11.7 Å². The molecule has 0 aliphatic carbocycles. The van der Waals surface area contributed by atoms with Crippen LogP contribution in [0.25, 0.3) is 0 Å². The molecule has 0 fully saturated rings. The summed E-state index contributed by atoms with van der Waals surface area (Å²) in [6, 6.07) is 3.94. The van der Waals surface area contributed by atoms with Gasteiger partial charge in [0.2, 0.25) is 0 Å². The lowest BCUT2D eigenvalue weighted by molar-refractivity contribution is 0.0695. The number of rotatable bonds is 5. The molecule has 0 saturated heterocycles. The van der Waals surface area contributed by atoms with Gasteiger partial charge in [0.15, 0.2) is 0 Å². The van der Waals surface area contributed by atoms with E-state index in [0.717, 1.165) is 11.3 Å². The summed E-state index contributed by atoms with van der Waals surface area (Å²) in [6.07, 6.45) is 3.18. The van der Waals surface area contributed by atoms with Crippen molar-refractivity contribution in [3.05, 3.63) is 47.0 Å². The third kappa shape index (κ3) is 3.17. The van der Waals surface area contributed by atoms with E-state index >= 15 is 0 Å². The number of aromatic carboxylic acids is 1. The molecule has 0 saturated carbocycles. The van der Waals surface area contributed by atoms with Crippen molar-refractivity contribution in [1.82, 2.24) is 20.1 Å². The summed E-state index contributed by atoms with van der Waals surface area (Å²) in [6.45, 7) is 3.02. The fourth-order valence-corrected chi connectivity index (χ4v) is 1.78. The van der Waals surface area contributed by atoms with Crippen molar-refractivity contribution >= 4 is 5.97 Å². The van der Waals surface area contributed by atoms with Crippen LogP contribution in [0.4, 0.5) is 0 Å². The first kappa shape index (κ1) is 13.2. The molecule has 2 heterocycles. The average Bonchev–Trinajstić information content (AvgIpc) is 2.74. The second kappa shape index (κ2) is 5.62. The maximum absolute atomic E-state index is 11.0. The van der Waals surface area contributed by atoms with Crippen molar-refractivity contribution in [2.24, 2.45) is 7.05 Å². The molecule has 19 heavy (non-hydrogen) atoms. The topological polar surface area (TPSA) is 80.0 Å². The quantitative estimate of drug-likeness (QED) is 0.841. The molecule has 0 amide bonds. The molecule has 2 rings (SSSR count). The molecule has 0 aliphatic rings. The fraction of sp³-hybridized carbons (Fsp3) is 0.308. The van der Waals surface area contributed by atoms with E-state index in [4.69, 9.17) is 5.11 Å². The third-order valence-electron chi connectivity index (χ3n) is 2.89. The zero-order valence-electron chi connectivity index (χ0n) is 10.9. The highest BCUT2D eigenvalue weighted by Crippen LogP contribution is 2.07. The number of carbonyl (C=O) groups is 1. The van der Waals surface area contributed by atoms with Crippen LogP contribution in [-0.2, 0) is 20.1 Å². The summed E-state index contributed by atoms with van der Waals surface area (Å²) < 4.78 is 1.57. The predicted molar refractivity (Wildman–Crippen MR) is 69.7 cm³/mol. The molecule has 6 heteroatoms. The SMILES string of the molecule is Cc1ccc(CNCc2c(C(=O)O)cnn2C)cn1. The van der Waals surface area contributed by atoms with E-state index in [-0.39, 0.29) is 5.56 Å². The minimum atomic E-state index is -0.957. The molecule has 2 aromatic rings. The Morgan fingerprint density at radius 2 is 2.16 bits per heavy atom. The predicted octanol–water partition coefficient (Wildman–Crippen LogP) is 1.11. The monoisotopic (exact) mass is 260 g/mol. The number of aryl methyl sites for hydroxylation is 2. The van der Waals surface area contributed by atoms with Gasteiger partial charge in [-0.2, -0.15) is 5.10 Å². The first-order chi connectivity index (χ1) is 9.08. The highest BCUT2D eigenvalue weighted by Gasteiger charge is 2.14. The van der Waals surface area contributed by atoms with E-state index in [2.05, 4.69) is 15.4 Å². The maximum atomic E-state index is 11.0. The van der Waals surface area contributed by atoms with Gasteiger partial charge >= 0.3 is 5.97 Å². The molecule has 0 bridgehead atoms. The van der Waals surface area contributed by atoms with Gasteiger partial charge in [0.25, 0.3) is 0 Å². The van der Waals surface area contributed by atoms with Crippen molar-refractivity contribution in [1.29, 1.82) is 0 Å². The number of pyridine rings is 1. The number of carboxylic acid groups (broad SMARTS) is 1. The Kier molecular flexibility index (Phi) is 3.91. The average molecular weight is 260 g/mol. The van der Waals surface area contributed by atoms with Gasteiger partial charge in [-0.25, -0.2) is 4.79 Å². The number of hydrogen-bond acceptors (Lipinski definition) is 4. The number of aromatic nitrogens is 3. The van der Waals surface area contributed by atoms with Crippen molar-refractivity contribution in [3.8, 4) is 0 Å². The Labute approximate surface area is 111 Å². The number of nitrogens with zero attached hydrogens (tertiary/aromatic N) is 3. The zero-order valence-corrected chi connectivity index (χ0v) is 10.9. The third-order valence-corrected chi connectivity index (χ3v) is 2.89. The molecule has 2 aromatic heterocycles. The molecule has 0 aromatic carbocycles. The van der Waals surface area contributed by atoms with E-state index in [1.165, 1.54) is 6.20 Å². The fourth-order valence-electron chi connectivity index (χ4n) is 1.78.